The Kier molecular flexibility index (Phi) is 6.06. The van der Waals surface area contributed by atoms with E-state index in [-0.39, 0.29) is 0 Å². The van der Waals surface area contributed by atoms with Gasteiger partial charge in [0.05, 0.1) is 0 Å². The number of benzene rings is 1. The first-order valence-electron chi connectivity index (χ1n) is 8.24. The van der Waals surface area contributed by atoms with Gasteiger partial charge in [-0.3, -0.25) is 0 Å². The Morgan fingerprint density at radius 2 is 2.05 bits per heavy atom. The lowest BCUT2D eigenvalue weighted by atomic mass is 9.92. The summed E-state index contributed by atoms with van der Waals surface area (Å²) in [6.45, 7) is 10.7. The normalized spacial score (nSPS) is 25.6. The van der Waals surface area contributed by atoms with Crippen molar-refractivity contribution in [3.8, 4) is 0 Å². The van der Waals surface area contributed by atoms with Crippen LogP contribution >= 0.6 is 0 Å². The molecule has 20 heavy (non-hydrogen) atoms. The zero-order valence-corrected chi connectivity index (χ0v) is 13.3. The first-order chi connectivity index (χ1) is 9.70. The van der Waals surface area contributed by atoms with Gasteiger partial charge in [-0.25, -0.2) is 0 Å². The monoisotopic (exact) mass is 274 g/mol. The number of rotatable bonds is 6. The van der Waals surface area contributed by atoms with Gasteiger partial charge in [-0.15, -0.1) is 0 Å². The highest BCUT2D eigenvalue weighted by Crippen LogP contribution is 2.21. The van der Waals surface area contributed by atoms with Crippen LogP contribution in [0.15, 0.2) is 30.3 Å². The van der Waals surface area contributed by atoms with E-state index in [0.29, 0.717) is 12.1 Å². The van der Waals surface area contributed by atoms with Crippen LogP contribution in [0.25, 0.3) is 0 Å². The lowest BCUT2D eigenvalue weighted by molar-refractivity contribution is 0.140. The number of hydrogen-bond donors (Lipinski definition) is 1. The standard InChI is InChI=1S/C18H30N2/c1-4-5-12-20-13-11-18(15(2)14-20)19-16(3)17-9-7-6-8-10-17/h6-10,15-16,18-19H,4-5,11-14H2,1-3H3/t15?,16-,18?/m0/s1. The molecule has 1 aromatic rings. The van der Waals surface area contributed by atoms with Crippen LogP contribution in [0.5, 0.6) is 0 Å². The molecule has 0 radical (unpaired) electrons. The second kappa shape index (κ2) is 7.80. The van der Waals surface area contributed by atoms with Gasteiger partial charge in [0.25, 0.3) is 0 Å². The van der Waals surface area contributed by atoms with Gasteiger partial charge in [0.2, 0.25) is 0 Å². The molecule has 2 rings (SSSR count). The minimum atomic E-state index is 0.450. The fraction of sp³-hybridized carbons (Fsp3) is 0.667. The molecule has 112 valence electrons. The molecule has 0 amide bonds. The largest absolute Gasteiger partial charge is 0.307 e. The summed E-state index contributed by atoms with van der Waals surface area (Å²) in [7, 11) is 0. The predicted molar refractivity (Wildman–Crippen MR) is 86.9 cm³/mol. The van der Waals surface area contributed by atoms with E-state index >= 15 is 0 Å². The first-order valence-corrected chi connectivity index (χ1v) is 8.24. The molecule has 0 aromatic heterocycles. The minimum Gasteiger partial charge on any atom is -0.307 e. The van der Waals surface area contributed by atoms with E-state index in [9.17, 15) is 0 Å². The highest BCUT2D eigenvalue weighted by atomic mass is 15.1. The summed E-state index contributed by atoms with van der Waals surface area (Å²) in [5, 5.41) is 3.83. The summed E-state index contributed by atoms with van der Waals surface area (Å²) in [6.07, 6.45) is 3.92. The zero-order valence-electron chi connectivity index (χ0n) is 13.3. The molecule has 1 heterocycles. The Hall–Kier alpha value is -0.860. The molecule has 1 aliphatic rings. The van der Waals surface area contributed by atoms with E-state index in [1.807, 2.05) is 0 Å². The van der Waals surface area contributed by atoms with E-state index in [1.165, 1.54) is 44.5 Å². The number of piperidine rings is 1. The topological polar surface area (TPSA) is 15.3 Å². The lowest BCUT2D eigenvalue weighted by Gasteiger charge is -2.38. The van der Waals surface area contributed by atoms with E-state index in [0.717, 1.165) is 5.92 Å². The average molecular weight is 274 g/mol. The van der Waals surface area contributed by atoms with Crippen molar-refractivity contribution < 1.29 is 0 Å². The summed E-state index contributed by atoms with van der Waals surface area (Å²) in [6, 6.07) is 11.9. The van der Waals surface area contributed by atoms with Gasteiger partial charge in [-0.05, 0) is 44.3 Å². The molecule has 1 aliphatic heterocycles. The van der Waals surface area contributed by atoms with E-state index in [1.54, 1.807) is 0 Å². The van der Waals surface area contributed by atoms with E-state index in [2.05, 4.69) is 61.3 Å². The third-order valence-corrected chi connectivity index (χ3v) is 4.58. The number of likely N-dealkylation sites (tertiary alicyclic amines) is 1. The SMILES string of the molecule is CCCCN1CCC(N[C@@H](C)c2ccccc2)C(C)C1. The zero-order chi connectivity index (χ0) is 14.4. The predicted octanol–water partition coefficient (Wildman–Crippen LogP) is 3.85. The smallest absolute Gasteiger partial charge is 0.0294 e. The molecule has 0 bridgehead atoms. The molecule has 0 spiro atoms. The van der Waals surface area contributed by atoms with Crippen LogP contribution in [0.3, 0.4) is 0 Å². The lowest BCUT2D eigenvalue weighted by Crippen LogP contribution is -2.49. The minimum absolute atomic E-state index is 0.450. The fourth-order valence-corrected chi connectivity index (χ4v) is 3.22. The van der Waals surface area contributed by atoms with Gasteiger partial charge in [0, 0.05) is 18.6 Å². The maximum atomic E-state index is 3.83. The van der Waals surface area contributed by atoms with Crippen LogP contribution in [-0.4, -0.2) is 30.6 Å². The van der Waals surface area contributed by atoms with Crippen molar-refractivity contribution in [2.24, 2.45) is 5.92 Å². The van der Waals surface area contributed by atoms with Gasteiger partial charge in [-0.1, -0.05) is 50.6 Å². The van der Waals surface area contributed by atoms with Crippen molar-refractivity contribution in [3.05, 3.63) is 35.9 Å². The summed E-state index contributed by atoms with van der Waals surface area (Å²) in [4.78, 5) is 2.64. The molecule has 1 aromatic carbocycles. The van der Waals surface area contributed by atoms with Crippen LogP contribution in [-0.2, 0) is 0 Å². The van der Waals surface area contributed by atoms with Crippen LogP contribution in [0.1, 0.15) is 51.6 Å². The molecular formula is C18H30N2. The van der Waals surface area contributed by atoms with Gasteiger partial charge in [0.15, 0.2) is 0 Å². The third kappa shape index (κ3) is 4.32. The van der Waals surface area contributed by atoms with Crippen molar-refractivity contribution in [2.45, 2.75) is 52.1 Å². The van der Waals surface area contributed by atoms with Gasteiger partial charge in [0.1, 0.15) is 0 Å². The third-order valence-electron chi connectivity index (χ3n) is 4.58. The number of nitrogens with zero attached hydrogens (tertiary/aromatic N) is 1. The van der Waals surface area contributed by atoms with Crippen molar-refractivity contribution in [1.82, 2.24) is 10.2 Å². The highest BCUT2D eigenvalue weighted by molar-refractivity contribution is 5.18. The summed E-state index contributed by atoms with van der Waals surface area (Å²) < 4.78 is 0. The van der Waals surface area contributed by atoms with Gasteiger partial charge in [-0.2, -0.15) is 0 Å². The Labute approximate surface area is 124 Å². The van der Waals surface area contributed by atoms with Crippen molar-refractivity contribution >= 4 is 0 Å². The number of hydrogen-bond acceptors (Lipinski definition) is 2. The van der Waals surface area contributed by atoms with Crippen LogP contribution in [0.2, 0.25) is 0 Å². The molecule has 0 aliphatic carbocycles. The quantitative estimate of drug-likeness (QED) is 0.847. The Morgan fingerprint density at radius 1 is 1.30 bits per heavy atom. The second-order valence-corrected chi connectivity index (χ2v) is 6.33. The molecule has 2 nitrogen and oxygen atoms in total. The molecule has 1 N–H and O–H groups in total. The van der Waals surface area contributed by atoms with Crippen LogP contribution in [0, 0.1) is 5.92 Å². The van der Waals surface area contributed by atoms with Crippen LogP contribution < -0.4 is 5.32 Å². The second-order valence-electron chi connectivity index (χ2n) is 6.33. The molecule has 1 fully saturated rings. The Balaban J connectivity index is 1.82. The summed E-state index contributed by atoms with van der Waals surface area (Å²) in [5.74, 6) is 0.742. The van der Waals surface area contributed by atoms with E-state index in [4.69, 9.17) is 0 Å². The summed E-state index contributed by atoms with van der Waals surface area (Å²) >= 11 is 0. The molecular weight excluding hydrogens is 244 g/mol. The number of unbranched alkanes of at least 4 members (excludes halogenated alkanes) is 1. The number of nitrogens with one attached hydrogen (secondary N) is 1. The molecule has 0 saturated carbocycles. The molecule has 1 saturated heterocycles. The van der Waals surface area contributed by atoms with Crippen molar-refractivity contribution in [1.29, 1.82) is 0 Å². The Bertz CT molecular complexity index is 376. The average Bonchev–Trinajstić information content (AvgIpc) is 2.48. The van der Waals surface area contributed by atoms with Gasteiger partial charge < -0.3 is 10.2 Å². The van der Waals surface area contributed by atoms with Crippen molar-refractivity contribution in [3.63, 3.8) is 0 Å². The Morgan fingerprint density at radius 3 is 2.70 bits per heavy atom. The van der Waals surface area contributed by atoms with Gasteiger partial charge >= 0.3 is 0 Å². The van der Waals surface area contributed by atoms with E-state index < -0.39 is 0 Å². The van der Waals surface area contributed by atoms with Crippen molar-refractivity contribution in [2.75, 3.05) is 19.6 Å². The molecule has 2 heteroatoms. The fourth-order valence-electron chi connectivity index (χ4n) is 3.22. The first kappa shape index (κ1) is 15.5. The highest BCUT2D eigenvalue weighted by Gasteiger charge is 2.26. The summed E-state index contributed by atoms with van der Waals surface area (Å²) in [5.41, 5.74) is 1.40. The maximum Gasteiger partial charge on any atom is 0.0294 e. The van der Waals surface area contributed by atoms with Crippen LogP contribution in [0.4, 0.5) is 0 Å². The molecule has 3 atom stereocenters. The molecule has 2 unspecified atom stereocenters. The maximum absolute atomic E-state index is 3.83.